The highest BCUT2D eigenvalue weighted by Crippen LogP contribution is 2.59. The molecule has 29 heavy (non-hydrogen) atoms. The summed E-state index contributed by atoms with van der Waals surface area (Å²) in [6.07, 6.45) is 0.488. The van der Waals surface area contributed by atoms with Crippen LogP contribution in [0.1, 0.15) is 51.5 Å². The van der Waals surface area contributed by atoms with Crippen LogP contribution in [0, 0.1) is 6.92 Å². The van der Waals surface area contributed by atoms with Gasteiger partial charge in [0.15, 0.2) is 0 Å². The molecular weight excluding hydrogens is 387 g/mol. The Morgan fingerprint density at radius 1 is 1.34 bits per heavy atom. The minimum absolute atomic E-state index is 0.0574. The van der Waals surface area contributed by atoms with Gasteiger partial charge in [0.1, 0.15) is 17.0 Å². The number of nitrogens with zero attached hydrogens (tertiary/aromatic N) is 3. The van der Waals surface area contributed by atoms with Gasteiger partial charge in [0.2, 0.25) is 5.76 Å². The van der Waals surface area contributed by atoms with Crippen molar-refractivity contribution >= 4 is 5.97 Å². The molecule has 3 aromatic heterocycles. The predicted molar refractivity (Wildman–Crippen MR) is 94.6 cm³/mol. The molecule has 0 atom stereocenters. The first-order valence-corrected chi connectivity index (χ1v) is 9.14. The Kier molecular flexibility index (Phi) is 3.54. The molecule has 3 aromatic rings. The molecule has 0 aliphatic heterocycles. The highest BCUT2D eigenvalue weighted by molar-refractivity contribution is 5.91. The van der Waals surface area contributed by atoms with E-state index in [9.17, 15) is 23.1 Å². The van der Waals surface area contributed by atoms with E-state index in [4.69, 9.17) is 4.42 Å². The smallest absolute Gasteiger partial charge is 0.421 e. The number of aromatic nitrogens is 3. The largest absolute Gasteiger partial charge is 0.475 e. The van der Waals surface area contributed by atoms with Crippen LogP contribution in [-0.4, -0.2) is 25.8 Å². The van der Waals surface area contributed by atoms with Crippen molar-refractivity contribution in [3.63, 3.8) is 0 Å². The van der Waals surface area contributed by atoms with Gasteiger partial charge in [-0.05, 0) is 31.4 Å². The van der Waals surface area contributed by atoms with Crippen molar-refractivity contribution in [3.8, 4) is 11.3 Å². The van der Waals surface area contributed by atoms with Crippen LogP contribution in [0.4, 0.5) is 13.2 Å². The summed E-state index contributed by atoms with van der Waals surface area (Å²) in [5.74, 6) is -2.74. The van der Waals surface area contributed by atoms with Gasteiger partial charge in [-0.2, -0.15) is 18.3 Å². The van der Waals surface area contributed by atoms with E-state index in [1.807, 2.05) is 19.1 Å². The summed E-state index contributed by atoms with van der Waals surface area (Å²) in [5.41, 5.74) is 0.838. The molecule has 0 radical (unpaired) electrons. The number of aromatic carboxylic acids is 1. The fourth-order valence-corrected chi connectivity index (χ4v) is 4.13. The summed E-state index contributed by atoms with van der Waals surface area (Å²) >= 11 is 0. The lowest BCUT2D eigenvalue weighted by molar-refractivity contribution is -0.138. The SMILES string of the molecule is Cc1ccc(Cn2cc3c(n2)-c2c(oc(C(=O)O)c2C(F)(F)F)CC32CC2)cn1. The van der Waals surface area contributed by atoms with Crippen molar-refractivity contribution < 1.29 is 27.5 Å². The number of carboxylic acid groups (broad SMARTS) is 1. The van der Waals surface area contributed by atoms with E-state index in [0.717, 1.165) is 29.7 Å². The molecule has 3 heterocycles. The van der Waals surface area contributed by atoms with Crippen LogP contribution in [0.25, 0.3) is 11.3 Å². The summed E-state index contributed by atoms with van der Waals surface area (Å²) in [6, 6.07) is 3.75. The normalized spacial score (nSPS) is 16.6. The van der Waals surface area contributed by atoms with Gasteiger partial charge < -0.3 is 9.52 Å². The van der Waals surface area contributed by atoms with Gasteiger partial charge in [0.05, 0.1) is 12.1 Å². The molecule has 1 spiro atoms. The summed E-state index contributed by atoms with van der Waals surface area (Å²) in [6.45, 7) is 2.23. The first-order valence-electron chi connectivity index (χ1n) is 9.14. The molecule has 0 unspecified atom stereocenters. The second kappa shape index (κ2) is 5.71. The van der Waals surface area contributed by atoms with Crippen molar-refractivity contribution in [1.29, 1.82) is 0 Å². The molecule has 2 aliphatic rings. The first kappa shape index (κ1) is 18.0. The lowest BCUT2D eigenvalue weighted by Crippen LogP contribution is -2.18. The van der Waals surface area contributed by atoms with E-state index in [1.54, 1.807) is 17.1 Å². The zero-order chi connectivity index (χ0) is 20.6. The topological polar surface area (TPSA) is 81.2 Å². The molecule has 0 aromatic carbocycles. The van der Waals surface area contributed by atoms with E-state index in [-0.39, 0.29) is 28.9 Å². The summed E-state index contributed by atoms with van der Waals surface area (Å²) in [4.78, 5) is 15.7. The van der Waals surface area contributed by atoms with Crippen molar-refractivity contribution in [1.82, 2.24) is 14.8 Å². The van der Waals surface area contributed by atoms with Crippen LogP contribution in [0.15, 0.2) is 28.9 Å². The summed E-state index contributed by atoms with van der Waals surface area (Å²) in [5, 5.41) is 13.7. The Bertz CT molecular complexity index is 1140. The maximum Gasteiger partial charge on any atom is 0.421 e. The summed E-state index contributed by atoms with van der Waals surface area (Å²) < 4.78 is 48.1. The number of rotatable bonds is 3. The van der Waals surface area contributed by atoms with Gasteiger partial charge in [-0.3, -0.25) is 9.67 Å². The van der Waals surface area contributed by atoms with Crippen molar-refractivity contribution in [3.05, 3.63) is 58.4 Å². The number of carboxylic acids is 1. The van der Waals surface area contributed by atoms with Crippen LogP contribution in [0.3, 0.4) is 0 Å². The van der Waals surface area contributed by atoms with Gasteiger partial charge in [-0.25, -0.2) is 4.79 Å². The predicted octanol–water partition coefficient (Wildman–Crippen LogP) is 4.20. The molecule has 6 nitrogen and oxygen atoms in total. The van der Waals surface area contributed by atoms with E-state index in [1.165, 1.54) is 0 Å². The fourth-order valence-electron chi connectivity index (χ4n) is 4.13. The zero-order valence-electron chi connectivity index (χ0n) is 15.4. The molecule has 0 saturated heterocycles. The minimum Gasteiger partial charge on any atom is -0.475 e. The Morgan fingerprint density at radius 3 is 2.69 bits per heavy atom. The number of aryl methyl sites for hydroxylation is 1. The van der Waals surface area contributed by atoms with Crippen LogP contribution in [0.2, 0.25) is 0 Å². The van der Waals surface area contributed by atoms with Crippen molar-refractivity contribution in [2.45, 2.75) is 44.3 Å². The second-order valence-corrected chi connectivity index (χ2v) is 7.76. The molecule has 150 valence electrons. The standard InChI is InChI=1S/C20H16F3N3O3/c1-10-2-3-11(7-24-10)8-26-9-12-16(25-26)14-13(6-19(12)4-5-19)29-17(18(27)28)15(14)20(21,22)23/h2-3,7,9H,4-6,8H2,1H3,(H,27,28). The molecule has 0 amide bonds. The molecule has 1 N–H and O–H groups in total. The van der Waals surface area contributed by atoms with Crippen molar-refractivity contribution in [2.24, 2.45) is 0 Å². The average Bonchev–Trinajstić information content (AvgIpc) is 3.09. The van der Waals surface area contributed by atoms with E-state index in [0.29, 0.717) is 6.54 Å². The second-order valence-electron chi connectivity index (χ2n) is 7.76. The van der Waals surface area contributed by atoms with Gasteiger partial charge in [-0.15, -0.1) is 0 Å². The Hall–Kier alpha value is -3.10. The number of halogens is 3. The van der Waals surface area contributed by atoms with E-state index in [2.05, 4.69) is 10.1 Å². The molecule has 0 bridgehead atoms. The number of hydrogen-bond acceptors (Lipinski definition) is 4. The maximum absolute atomic E-state index is 13.8. The summed E-state index contributed by atoms with van der Waals surface area (Å²) in [7, 11) is 0. The zero-order valence-corrected chi connectivity index (χ0v) is 15.4. The quantitative estimate of drug-likeness (QED) is 0.709. The number of pyridine rings is 1. The number of fused-ring (bicyclic) bond motifs is 4. The Labute approximate surface area is 163 Å². The van der Waals surface area contributed by atoms with Crippen LogP contribution in [-0.2, 0) is 24.6 Å². The highest BCUT2D eigenvalue weighted by Gasteiger charge is 2.55. The van der Waals surface area contributed by atoms with Gasteiger partial charge in [-0.1, -0.05) is 6.07 Å². The Balaban J connectivity index is 1.66. The maximum atomic E-state index is 13.8. The van der Waals surface area contributed by atoms with E-state index < -0.39 is 23.5 Å². The molecule has 5 rings (SSSR count). The fraction of sp³-hybridized carbons (Fsp3) is 0.350. The molecule has 1 saturated carbocycles. The number of furan rings is 1. The molecule has 9 heteroatoms. The number of alkyl halides is 3. The number of hydrogen-bond donors (Lipinski definition) is 1. The average molecular weight is 403 g/mol. The minimum atomic E-state index is -4.86. The van der Waals surface area contributed by atoms with Gasteiger partial charge in [0.25, 0.3) is 0 Å². The van der Waals surface area contributed by atoms with E-state index >= 15 is 0 Å². The third-order valence-corrected chi connectivity index (χ3v) is 5.70. The third-order valence-electron chi connectivity index (χ3n) is 5.70. The molecule has 2 aliphatic carbocycles. The third kappa shape index (κ3) is 2.75. The lowest BCUT2D eigenvalue weighted by atomic mass is 9.82. The van der Waals surface area contributed by atoms with Crippen LogP contribution in [0.5, 0.6) is 0 Å². The number of carbonyl (C=O) groups is 1. The highest BCUT2D eigenvalue weighted by atomic mass is 19.4. The van der Waals surface area contributed by atoms with Crippen LogP contribution >= 0.6 is 0 Å². The van der Waals surface area contributed by atoms with Crippen molar-refractivity contribution in [2.75, 3.05) is 0 Å². The first-order chi connectivity index (χ1) is 13.7. The Morgan fingerprint density at radius 2 is 2.10 bits per heavy atom. The molecule has 1 fully saturated rings. The van der Waals surface area contributed by atoms with Crippen LogP contribution < -0.4 is 0 Å². The lowest BCUT2D eigenvalue weighted by Gasteiger charge is -2.20. The molecular formula is C20H16F3N3O3. The van der Waals surface area contributed by atoms with Gasteiger partial charge in [0, 0.05) is 35.5 Å². The monoisotopic (exact) mass is 403 g/mol. The van der Waals surface area contributed by atoms with Gasteiger partial charge >= 0.3 is 12.1 Å².